The fraction of sp³-hybridized carbons (Fsp3) is 0.400. The van der Waals surface area contributed by atoms with Crippen molar-refractivity contribution in [2.75, 3.05) is 19.9 Å². The van der Waals surface area contributed by atoms with Gasteiger partial charge in [0, 0.05) is 19.4 Å². The Bertz CT molecular complexity index is 402. The van der Waals surface area contributed by atoms with E-state index in [1.807, 2.05) is 0 Å². The standard InChI is InChI=1S/C10H14O3S/c1-4-14(11)8-5-6-9(12-2)10(7-8)13-3/h5-7H,4H2,1-3H3/i4DH. The molecule has 1 aromatic carbocycles. The average molecular weight is 215 g/mol. The maximum atomic E-state index is 11.8. The first-order valence-electron chi connectivity index (χ1n) is 5.04. The van der Waals surface area contributed by atoms with Crippen molar-refractivity contribution in [3.05, 3.63) is 18.2 Å². The van der Waals surface area contributed by atoms with Crippen molar-refractivity contribution in [3.8, 4) is 11.5 Å². The Morgan fingerprint density at radius 1 is 1.50 bits per heavy atom. The number of benzene rings is 1. The van der Waals surface area contributed by atoms with Crippen LogP contribution in [0.3, 0.4) is 0 Å². The first-order chi connectivity index (χ1) is 7.40. The first-order valence-corrected chi connectivity index (χ1v) is 5.19. The van der Waals surface area contributed by atoms with Gasteiger partial charge in [-0.25, -0.2) is 0 Å². The molecule has 14 heavy (non-hydrogen) atoms. The van der Waals surface area contributed by atoms with Gasteiger partial charge in [0.25, 0.3) is 0 Å². The summed E-state index contributed by atoms with van der Waals surface area (Å²) in [5.74, 6) is 0.970. The van der Waals surface area contributed by atoms with Gasteiger partial charge in [0.2, 0.25) is 0 Å². The smallest absolute Gasteiger partial charge is 0.161 e. The van der Waals surface area contributed by atoms with Gasteiger partial charge in [0.15, 0.2) is 11.5 Å². The zero-order valence-electron chi connectivity index (χ0n) is 10.4. The van der Waals surface area contributed by atoms with Crippen molar-refractivity contribution in [2.24, 2.45) is 0 Å². The molecule has 0 saturated heterocycles. The zero-order chi connectivity index (χ0) is 12.3. The molecule has 2 atom stereocenters. The van der Waals surface area contributed by atoms with Crippen molar-refractivity contribution < 1.29 is 16.4 Å². The summed E-state index contributed by atoms with van der Waals surface area (Å²) >= 11 is 0. The number of methoxy groups -OCH3 is 2. The Balaban J connectivity index is 3.13. The van der Waals surface area contributed by atoms with Crippen LogP contribution in [0.2, 0.25) is 0 Å². The SMILES string of the molecule is [1H]C([2H])(C)S(=O)c1ccc(OC)c(OC)c1. The maximum Gasteiger partial charge on any atom is 0.161 e. The lowest BCUT2D eigenvalue weighted by atomic mass is 10.3. The fourth-order valence-corrected chi connectivity index (χ4v) is 1.69. The fourth-order valence-electron chi connectivity index (χ4n) is 1.05. The third-order valence-electron chi connectivity index (χ3n) is 1.75. The van der Waals surface area contributed by atoms with Crippen LogP contribution < -0.4 is 9.47 Å². The molecular weight excluding hydrogens is 200 g/mol. The molecule has 0 saturated carbocycles. The van der Waals surface area contributed by atoms with E-state index in [1.165, 1.54) is 27.2 Å². The lowest BCUT2D eigenvalue weighted by Crippen LogP contribution is -1.96. The molecule has 0 aliphatic carbocycles. The highest BCUT2D eigenvalue weighted by Gasteiger charge is 2.07. The minimum atomic E-state index is -1.78. The monoisotopic (exact) mass is 215 g/mol. The van der Waals surface area contributed by atoms with Gasteiger partial charge in [-0.3, -0.25) is 4.21 Å². The van der Waals surface area contributed by atoms with Gasteiger partial charge in [-0.05, 0) is 12.1 Å². The lowest BCUT2D eigenvalue weighted by molar-refractivity contribution is 0.354. The van der Waals surface area contributed by atoms with E-state index >= 15 is 0 Å². The molecule has 4 heteroatoms. The molecule has 2 unspecified atom stereocenters. The van der Waals surface area contributed by atoms with Gasteiger partial charge in [0.05, 0.1) is 25.0 Å². The third kappa shape index (κ3) is 2.26. The normalized spacial score (nSPS) is 18.8. The Labute approximate surface area is 89.3 Å². The number of rotatable bonds is 4. The second kappa shape index (κ2) is 5.00. The van der Waals surface area contributed by atoms with E-state index < -0.39 is 16.5 Å². The molecule has 0 fully saturated rings. The number of ether oxygens (including phenoxy) is 2. The zero-order valence-corrected chi connectivity index (χ0v) is 9.18. The molecule has 0 aliphatic heterocycles. The van der Waals surface area contributed by atoms with Crippen LogP contribution in [0.15, 0.2) is 23.1 Å². The number of hydrogen-bond donors (Lipinski definition) is 0. The van der Waals surface area contributed by atoms with Crippen LogP contribution in [0.4, 0.5) is 0 Å². The molecule has 0 spiro atoms. The van der Waals surface area contributed by atoms with Crippen molar-refractivity contribution in [1.29, 1.82) is 0 Å². The van der Waals surface area contributed by atoms with Gasteiger partial charge in [0.1, 0.15) is 0 Å². The highest BCUT2D eigenvalue weighted by Crippen LogP contribution is 2.28. The van der Waals surface area contributed by atoms with Crippen molar-refractivity contribution in [2.45, 2.75) is 11.8 Å². The third-order valence-corrected chi connectivity index (χ3v) is 2.81. The van der Waals surface area contributed by atoms with Crippen molar-refractivity contribution in [1.82, 2.24) is 0 Å². The molecule has 1 rings (SSSR count). The Morgan fingerprint density at radius 3 is 2.64 bits per heavy atom. The molecule has 0 bridgehead atoms. The Hall–Kier alpha value is -1.03. The van der Waals surface area contributed by atoms with Crippen LogP contribution in [-0.4, -0.2) is 24.1 Å². The summed E-state index contributed by atoms with van der Waals surface area (Å²) in [6.45, 7) is 1.28. The molecule has 0 aromatic heterocycles. The molecule has 0 amide bonds. The van der Waals surface area contributed by atoms with Crippen LogP contribution in [0, 0.1) is 0 Å². The predicted octanol–water partition coefficient (Wildman–Crippen LogP) is 1.83. The molecule has 3 nitrogen and oxygen atoms in total. The molecular formula is C10H14O3S. The highest BCUT2D eigenvalue weighted by molar-refractivity contribution is 7.85. The van der Waals surface area contributed by atoms with Gasteiger partial charge < -0.3 is 9.47 Å². The van der Waals surface area contributed by atoms with Crippen LogP contribution in [0.25, 0.3) is 0 Å². The Morgan fingerprint density at radius 2 is 2.14 bits per heavy atom. The first kappa shape index (κ1) is 8.29. The van der Waals surface area contributed by atoms with E-state index in [-0.39, 0.29) is 0 Å². The minimum absolute atomic E-state index is 0.380. The van der Waals surface area contributed by atoms with Crippen molar-refractivity contribution >= 4 is 10.8 Å². The van der Waals surface area contributed by atoms with E-state index in [0.717, 1.165) is 0 Å². The van der Waals surface area contributed by atoms with E-state index in [9.17, 15) is 4.21 Å². The molecule has 78 valence electrons. The molecule has 0 aliphatic rings. The van der Waals surface area contributed by atoms with Crippen LogP contribution in [0.1, 0.15) is 9.67 Å². The summed E-state index contributed by atoms with van der Waals surface area (Å²) in [6.07, 6.45) is 0. The summed E-state index contributed by atoms with van der Waals surface area (Å²) in [4.78, 5) is 0.380. The quantitative estimate of drug-likeness (QED) is 0.768. The van der Waals surface area contributed by atoms with Crippen LogP contribution in [0.5, 0.6) is 11.5 Å². The minimum Gasteiger partial charge on any atom is -0.493 e. The van der Waals surface area contributed by atoms with E-state index in [4.69, 9.17) is 12.2 Å². The van der Waals surface area contributed by atoms with Gasteiger partial charge >= 0.3 is 0 Å². The molecule has 0 heterocycles. The predicted molar refractivity (Wildman–Crippen MR) is 56.5 cm³/mol. The summed E-state index contributed by atoms with van der Waals surface area (Å²) < 4.78 is 36.7. The topological polar surface area (TPSA) is 35.5 Å². The van der Waals surface area contributed by atoms with E-state index in [2.05, 4.69) is 0 Å². The second-order valence-corrected chi connectivity index (χ2v) is 3.91. The van der Waals surface area contributed by atoms with Crippen LogP contribution in [-0.2, 0) is 10.8 Å². The van der Waals surface area contributed by atoms with Gasteiger partial charge in [-0.2, -0.15) is 0 Å². The Kier molecular flexibility index (Phi) is 2.96. The van der Waals surface area contributed by atoms with Gasteiger partial charge in [-0.1, -0.05) is 6.92 Å². The second-order valence-electron chi connectivity index (χ2n) is 2.49. The van der Waals surface area contributed by atoms with E-state index in [0.29, 0.717) is 16.4 Å². The summed E-state index contributed by atoms with van der Waals surface area (Å²) in [6, 6.07) is 4.70. The summed E-state index contributed by atoms with van der Waals surface area (Å²) in [7, 11) is 1.26. The molecule has 1 aromatic rings. The summed E-state index contributed by atoms with van der Waals surface area (Å²) in [5.41, 5.74) is -1.78. The van der Waals surface area contributed by atoms with E-state index in [1.54, 1.807) is 12.1 Å². The van der Waals surface area contributed by atoms with Crippen LogP contribution >= 0.6 is 0 Å². The molecule has 0 radical (unpaired) electrons. The molecule has 0 N–H and O–H groups in total. The highest BCUT2D eigenvalue weighted by atomic mass is 32.2. The average Bonchev–Trinajstić information content (AvgIpc) is 2.25. The van der Waals surface area contributed by atoms with Crippen molar-refractivity contribution in [3.63, 3.8) is 0 Å². The lowest BCUT2D eigenvalue weighted by Gasteiger charge is -2.08. The summed E-state index contributed by atoms with van der Waals surface area (Å²) in [5, 5.41) is 0. The maximum absolute atomic E-state index is 11.8. The number of hydrogen-bond acceptors (Lipinski definition) is 3. The largest absolute Gasteiger partial charge is 0.493 e. The van der Waals surface area contributed by atoms with Gasteiger partial charge in [-0.15, -0.1) is 0 Å².